The van der Waals surface area contributed by atoms with Gasteiger partial charge in [0, 0.05) is 0 Å². The lowest BCUT2D eigenvalue weighted by atomic mass is 10.7. The van der Waals surface area contributed by atoms with Crippen LogP contribution in [-0.4, -0.2) is 36.0 Å². The summed E-state index contributed by atoms with van der Waals surface area (Å²) in [7, 11) is 0. The Morgan fingerprint density at radius 1 is 1.09 bits per heavy atom. The van der Waals surface area contributed by atoms with Gasteiger partial charge in [-0.05, 0) is 0 Å². The molecule has 0 fully saturated rings. The zero-order chi connectivity index (χ0) is 9.49. The topological polar surface area (TPSA) is 40.5 Å². The highest BCUT2D eigenvalue weighted by molar-refractivity contribution is 4.39. The van der Waals surface area contributed by atoms with E-state index in [0.717, 1.165) is 0 Å². The van der Waals surface area contributed by atoms with Crippen LogP contribution in [0.15, 0.2) is 0 Å². The largest absolute Gasteiger partial charge is 0.411 e. The second-order valence-electron chi connectivity index (χ2n) is 1.35. The second kappa shape index (κ2) is 6.29. The quantitative estimate of drug-likeness (QED) is 0.588. The lowest BCUT2D eigenvalue weighted by Gasteiger charge is -1.95. The molecule has 0 amide bonds. The van der Waals surface area contributed by atoms with Crippen LogP contribution in [0, 0.1) is 0 Å². The normalized spacial score (nSPS) is 10.9. The van der Waals surface area contributed by atoms with Crippen molar-refractivity contribution in [1.82, 2.24) is 0 Å². The van der Waals surface area contributed by atoms with Crippen LogP contribution in [0.25, 0.3) is 0 Å². The molecule has 0 aromatic rings. The minimum absolute atomic E-state index is 1.03. The molecule has 2 nitrogen and oxygen atoms in total. The van der Waals surface area contributed by atoms with Gasteiger partial charge in [0.25, 0.3) is 6.43 Å². The van der Waals surface area contributed by atoms with Crippen LogP contribution in [0.3, 0.4) is 0 Å². The van der Waals surface area contributed by atoms with Gasteiger partial charge in [0.1, 0.15) is 13.2 Å². The zero-order valence-electron chi connectivity index (χ0n) is 5.28. The molecule has 0 aliphatic rings. The maximum Gasteiger partial charge on any atom is 0.411 e. The molecule has 7 heteroatoms. The van der Waals surface area contributed by atoms with Gasteiger partial charge in [-0.1, -0.05) is 0 Å². The van der Waals surface area contributed by atoms with Crippen LogP contribution < -0.4 is 0 Å². The molecular formula is C4H7F5O2. The molecule has 0 radical (unpaired) electrons. The molecule has 0 saturated heterocycles. The number of hydrogen-bond acceptors (Lipinski definition) is 2. The van der Waals surface area contributed by atoms with Gasteiger partial charge >= 0.3 is 6.18 Å². The summed E-state index contributed by atoms with van der Waals surface area (Å²) in [6.45, 7) is -2.76. The molecular weight excluding hydrogens is 175 g/mol. The van der Waals surface area contributed by atoms with Gasteiger partial charge in [-0.2, -0.15) is 13.2 Å². The van der Waals surface area contributed by atoms with Crippen molar-refractivity contribution in [3.63, 3.8) is 0 Å². The summed E-state index contributed by atoms with van der Waals surface area (Å²) in [6, 6.07) is 0. The van der Waals surface area contributed by atoms with Crippen LogP contribution in [-0.2, 0) is 0 Å². The average Bonchev–Trinajstić information content (AvgIpc) is 1.88. The SMILES string of the molecule is OCC(F)(F)F.OCC(F)F. The fourth-order valence-electron chi connectivity index (χ4n) is 0. The Morgan fingerprint density at radius 2 is 1.27 bits per heavy atom. The highest BCUT2D eigenvalue weighted by Gasteiger charge is 2.24. The summed E-state index contributed by atoms with van der Waals surface area (Å²) in [5.74, 6) is 0. The number of aliphatic hydroxyl groups is 2. The predicted octanol–water partition coefficient (Wildman–Crippen LogP) is 0.785. The lowest BCUT2D eigenvalue weighted by Crippen LogP contribution is -2.12. The Labute approximate surface area is 59.3 Å². The molecule has 0 aliphatic carbocycles. The molecule has 0 saturated carbocycles. The third kappa shape index (κ3) is 26.3. The monoisotopic (exact) mass is 182 g/mol. The van der Waals surface area contributed by atoms with E-state index >= 15 is 0 Å². The summed E-state index contributed by atoms with van der Waals surface area (Å²) in [6.07, 6.45) is -6.96. The van der Waals surface area contributed by atoms with Crippen molar-refractivity contribution < 1.29 is 32.2 Å². The van der Waals surface area contributed by atoms with Crippen molar-refractivity contribution in [2.24, 2.45) is 0 Å². The van der Waals surface area contributed by atoms with Crippen LogP contribution in [0.1, 0.15) is 0 Å². The second-order valence-corrected chi connectivity index (χ2v) is 1.35. The molecule has 0 spiro atoms. The van der Waals surface area contributed by atoms with E-state index in [-0.39, 0.29) is 0 Å². The molecule has 0 rings (SSSR count). The summed E-state index contributed by atoms with van der Waals surface area (Å²) in [4.78, 5) is 0. The Kier molecular flexibility index (Phi) is 7.54. The van der Waals surface area contributed by atoms with Crippen molar-refractivity contribution in [3.8, 4) is 0 Å². The van der Waals surface area contributed by atoms with Crippen molar-refractivity contribution in [1.29, 1.82) is 0 Å². The molecule has 0 bridgehead atoms. The number of alkyl halides is 5. The number of hydrogen-bond donors (Lipinski definition) is 2. The lowest BCUT2D eigenvalue weighted by molar-refractivity contribution is -0.159. The van der Waals surface area contributed by atoms with E-state index in [1.54, 1.807) is 0 Å². The van der Waals surface area contributed by atoms with Crippen LogP contribution in [0.5, 0.6) is 0 Å². The van der Waals surface area contributed by atoms with Crippen molar-refractivity contribution in [3.05, 3.63) is 0 Å². The standard InChI is InChI=1S/C2H3F3O.C2H4F2O/c3-2(4,5)1-6;3-2(4)1-5/h6H,1H2;2,5H,1H2. The molecule has 70 valence electrons. The third-order valence-electron chi connectivity index (χ3n) is 0.317. The van der Waals surface area contributed by atoms with Gasteiger partial charge in [0.2, 0.25) is 0 Å². The molecule has 2 N–H and O–H groups in total. The maximum atomic E-state index is 10.5. The van der Waals surface area contributed by atoms with Crippen LogP contribution >= 0.6 is 0 Å². The first kappa shape index (κ1) is 13.2. The van der Waals surface area contributed by atoms with Gasteiger partial charge in [0.05, 0.1) is 0 Å². The minimum atomic E-state index is -4.40. The molecule has 0 heterocycles. The maximum absolute atomic E-state index is 10.5. The Bertz CT molecular complexity index is 81.0. The van der Waals surface area contributed by atoms with E-state index in [1.807, 2.05) is 0 Å². The Hall–Kier alpha value is -0.430. The van der Waals surface area contributed by atoms with Crippen molar-refractivity contribution in [2.75, 3.05) is 13.2 Å². The molecule has 0 unspecified atom stereocenters. The van der Waals surface area contributed by atoms with Gasteiger partial charge in [-0.15, -0.1) is 0 Å². The van der Waals surface area contributed by atoms with Gasteiger partial charge in [-0.3, -0.25) is 0 Å². The number of aliphatic hydroxyl groups excluding tert-OH is 2. The van der Waals surface area contributed by atoms with E-state index < -0.39 is 25.8 Å². The smallest absolute Gasteiger partial charge is 0.390 e. The fraction of sp³-hybridized carbons (Fsp3) is 1.00. The van der Waals surface area contributed by atoms with E-state index in [2.05, 4.69) is 0 Å². The summed E-state index contributed by atoms with van der Waals surface area (Å²) >= 11 is 0. The fourth-order valence-corrected chi connectivity index (χ4v) is 0. The number of halogens is 5. The minimum Gasteiger partial charge on any atom is -0.390 e. The molecule has 11 heavy (non-hydrogen) atoms. The molecule has 0 aromatic carbocycles. The molecule has 0 aromatic heterocycles. The summed E-state index contributed by atoms with van der Waals surface area (Å²) in [5.41, 5.74) is 0. The first-order valence-corrected chi connectivity index (χ1v) is 2.40. The summed E-state index contributed by atoms with van der Waals surface area (Å²) < 4.78 is 52.6. The average molecular weight is 182 g/mol. The van der Waals surface area contributed by atoms with E-state index in [9.17, 15) is 22.0 Å². The molecule has 0 atom stereocenters. The summed E-state index contributed by atoms with van der Waals surface area (Å²) in [5, 5.41) is 14.7. The zero-order valence-corrected chi connectivity index (χ0v) is 5.28. The highest BCUT2D eigenvalue weighted by atomic mass is 19.4. The first-order chi connectivity index (χ1) is 4.83. The van der Waals surface area contributed by atoms with E-state index in [4.69, 9.17) is 10.2 Å². The predicted molar refractivity (Wildman–Crippen MR) is 26.2 cm³/mol. The van der Waals surface area contributed by atoms with Gasteiger partial charge < -0.3 is 10.2 Å². The van der Waals surface area contributed by atoms with E-state index in [1.165, 1.54) is 0 Å². The number of rotatable bonds is 1. The highest BCUT2D eigenvalue weighted by Crippen LogP contribution is 2.11. The van der Waals surface area contributed by atoms with Gasteiger partial charge in [0.15, 0.2) is 0 Å². The van der Waals surface area contributed by atoms with Crippen molar-refractivity contribution >= 4 is 0 Å². The Morgan fingerprint density at radius 3 is 1.27 bits per heavy atom. The van der Waals surface area contributed by atoms with E-state index in [0.29, 0.717) is 0 Å². The molecule has 0 aliphatic heterocycles. The van der Waals surface area contributed by atoms with Gasteiger partial charge in [-0.25, -0.2) is 8.78 Å². The van der Waals surface area contributed by atoms with Crippen LogP contribution in [0.4, 0.5) is 22.0 Å². The first-order valence-electron chi connectivity index (χ1n) is 2.40. The Balaban J connectivity index is 0. The van der Waals surface area contributed by atoms with Crippen molar-refractivity contribution in [2.45, 2.75) is 12.6 Å². The van der Waals surface area contributed by atoms with Crippen LogP contribution in [0.2, 0.25) is 0 Å². The third-order valence-corrected chi connectivity index (χ3v) is 0.317.